The number of hydrogen-bond acceptors (Lipinski definition) is 3. The Hall–Kier alpha value is -2.89. The standard InChI is InChI=1S/C17H19N5O/c1-13-4-6-14(7-5-13)15-12-16(21-20-15)17(23)18-8-2-10-22-11-3-9-19-22/h3-7,9,11-12H,2,8,10H2,1H3,(H,18,23)(H,20,21). The van der Waals surface area contributed by atoms with Crippen molar-refractivity contribution in [2.24, 2.45) is 0 Å². The monoisotopic (exact) mass is 309 g/mol. The van der Waals surface area contributed by atoms with E-state index in [1.807, 2.05) is 48.1 Å². The summed E-state index contributed by atoms with van der Waals surface area (Å²) in [5, 5.41) is 14.0. The van der Waals surface area contributed by atoms with Crippen LogP contribution >= 0.6 is 0 Å². The van der Waals surface area contributed by atoms with Gasteiger partial charge in [-0.15, -0.1) is 0 Å². The number of benzene rings is 1. The normalized spacial score (nSPS) is 10.7. The Morgan fingerprint density at radius 2 is 2.13 bits per heavy atom. The minimum absolute atomic E-state index is 0.142. The Morgan fingerprint density at radius 1 is 1.30 bits per heavy atom. The number of carbonyl (C=O) groups is 1. The lowest BCUT2D eigenvalue weighted by atomic mass is 10.1. The van der Waals surface area contributed by atoms with E-state index < -0.39 is 0 Å². The molecule has 6 heteroatoms. The molecule has 0 aliphatic heterocycles. The van der Waals surface area contributed by atoms with Crippen LogP contribution in [-0.4, -0.2) is 32.4 Å². The lowest BCUT2D eigenvalue weighted by Gasteiger charge is -2.03. The molecule has 0 saturated carbocycles. The smallest absolute Gasteiger partial charge is 0.269 e. The summed E-state index contributed by atoms with van der Waals surface area (Å²) in [7, 11) is 0. The highest BCUT2D eigenvalue weighted by atomic mass is 16.1. The Labute approximate surface area is 134 Å². The number of aromatic nitrogens is 4. The molecule has 6 nitrogen and oxygen atoms in total. The number of rotatable bonds is 6. The van der Waals surface area contributed by atoms with E-state index >= 15 is 0 Å². The van der Waals surface area contributed by atoms with Gasteiger partial charge in [-0.3, -0.25) is 14.6 Å². The SMILES string of the molecule is Cc1ccc(-c2cc(C(=O)NCCCn3cccn3)[nH]n2)cc1. The molecule has 1 amide bonds. The molecule has 0 aliphatic rings. The fourth-order valence-electron chi connectivity index (χ4n) is 2.28. The highest BCUT2D eigenvalue weighted by Crippen LogP contribution is 2.18. The zero-order valence-electron chi connectivity index (χ0n) is 13.0. The Kier molecular flexibility index (Phi) is 4.52. The second-order valence-electron chi connectivity index (χ2n) is 5.41. The fraction of sp³-hybridized carbons (Fsp3) is 0.235. The van der Waals surface area contributed by atoms with Crippen molar-refractivity contribution in [3.05, 3.63) is 60.0 Å². The summed E-state index contributed by atoms with van der Waals surface area (Å²) in [6.45, 7) is 3.42. The summed E-state index contributed by atoms with van der Waals surface area (Å²) < 4.78 is 1.85. The van der Waals surface area contributed by atoms with Crippen LogP contribution < -0.4 is 5.32 Å². The number of hydrogen-bond donors (Lipinski definition) is 2. The topological polar surface area (TPSA) is 75.6 Å². The molecule has 2 heterocycles. The summed E-state index contributed by atoms with van der Waals surface area (Å²) in [5.74, 6) is -0.142. The quantitative estimate of drug-likeness (QED) is 0.687. The van der Waals surface area contributed by atoms with Crippen molar-refractivity contribution in [3.63, 3.8) is 0 Å². The molecule has 0 unspecified atom stereocenters. The molecule has 0 radical (unpaired) electrons. The fourth-order valence-corrected chi connectivity index (χ4v) is 2.28. The van der Waals surface area contributed by atoms with Crippen LogP contribution in [0.15, 0.2) is 48.8 Å². The van der Waals surface area contributed by atoms with Crippen LogP contribution in [0.1, 0.15) is 22.5 Å². The third-order valence-corrected chi connectivity index (χ3v) is 3.58. The van der Waals surface area contributed by atoms with E-state index in [1.165, 1.54) is 5.56 Å². The second kappa shape index (κ2) is 6.91. The average molecular weight is 309 g/mol. The first kappa shape index (κ1) is 15.0. The highest BCUT2D eigenvalue weighted by molar-refractivity contribution is 5.93. The van der Waals surface area contributed by atoms with Crippen molar-refractivity contribution in [2.45, 2.75) is 19.9 Å². The number of amides is 1. The van der Waals surface area contributed by atoms with Crippen LogP contribution in [0.4, 0.5) is 0 Å². The maximum Gasteiger partial charge on any atom is 0.269 e. The van der Waals surface area contributed by atoms with Crippen LogP contribution in [-0.2, 0) is 6.54 Å². The van der Waals surface area contributed by atoms with Crippen molar-refractivity contribution in [1.82, 2.24) is 25.3 Å². The minimum atomic E-state index is -0.142. The molecule has 2 N–H and O–H groups in total. The van der Waals surface area contributed by atoms with E-state index in [1.54, 1.807) is 12.3 Å². The van der Waals surface area contributed by atoms with E-state index in [0.717, 1.165) is 24.2 Å². The first-order valence-corrected chi connectivity index (χ1v) is 7.60. The van der Waals surface area contributed by atoms with Crippen LogP contribution in [0.2, 0.25) is 0 Å². The minimum Gasteiger partial charge on any atom is -0.351 e. The molecule has 0 bridgehead atoms. The van der Waals surface area contributed by atoms with E-state index in [4.69, 9.17) is 0 Å². The Bertz CT molecular complexity index is 759. The summed E-state index contributed by atoms with van der Waals surface area (Å²) >= 11 is 0. The van der Waals surface area contributed by atoms with Gasteiger partial charge < -0.3 is 5.32 Å². The first-order chi connectivity index (χ1) is 11.2. The summed E-state index contributed by atoms with van der Waals surface area (Å²) in [5.41, 5.74) is 3.43. The molecule has 2 aromatic heterocycles. The van der Waals surface area contributed by atoms with Crippen molar-refractivity contribution < 1.29 is 4.79 Å². The number of carbonyl (C=O) groups excluding carboxylic acids is 1. The maximum atomic E-state index is 12.1. The number of nitrogens with zero attached hydrogens (tertiary/aromatic N) is 3. The van der Waals surface area contributed by atoms with Gasteiger partial charge in [0.05, 0.1) is 5.69 Å². The number of H-pyrrole nitrogens is 1. The van der Waals surface area contributed by atoms with Crippen molar-refractivity contribution >= 4 is 5.91 Å². The van der Waals surface area contributed by atoms with Gasteiger partial charge in [0.1, 0.15) is 5.69 Å². The molecular weight excluding hydrogens is 290 g/mol. The summed E-state index contributed by atoms with van der Waals surface area (Å²) in [6, 6.07) is 11.7. The van der Waals surface area contributed by atoms with E-state index in [-0.39, 0.29) is 5.91 Å². The molecule has 0 atom stereocenters. The molecule has 0 aliphatic carbocycles. The molecular formula is C17H19N5O. The molecule has 0 fully saturated rings. The van der Waals surface area contributed by atoms with Gasteiger partial charge in [0.2, 0.25) is 0 Å². The van der Waals surface area contributed by atoms with Gasteiger partial charge in [-0.05, 0) is 25.5 Å². The van der Waals surface area contributed by atoms with E-state index in [0.29, 0.717) is 12.2 Å². The summed E-state index contributed by atoms with van der Waals surface area (Å²) in [6.07, 6.45) is 4.48. The van der Waals surface area contributed by atoms with Crippen molar-refractivity contribution in [2.75, 3.05) is 6.54 Å². The summed E-state index contributed by atoms with van der Waals surface area (Å²) in [4.78, 5) is 12.1. The molecule has 3 rings (SSSR count). The van der Waals surface area contributed by atoms with E-state index in [9.17, 15) is 4.79 Å². The van der Waals surface area contributed by atoms with Crippen LogP contribution in [0.5, 0.6) is 0 Å². The molecule has 118 valence electrons. The zero-order valence-corrected chi connectivity index (χ0v) is 13.0. The Balaban J connectivity index is 1.52. The lowest BCUT2D eigenvalue weighted by molar-refractivity contribution is 0.0947. The highest BCUT2D eigenvalue weighted by Gasteiger charge is 2.10. The number of nitrogens with one attached hydrogen (secondary N) is 2. The largest absolute Gasteiger partial charge is 0.351 e. The number of aromatic amines is 1. The predicted molar refractivity (Wildman–Crippen MR) is 87.9 cm³/mol. The lowest BCUT2D eigenvalue weighted by Crippen LogP contribution is -2.25. The van der Waals surface area contributed by atoms with Gasteiger partial charge >= 0.3 is 0 Å². The Morgan fingerprint density at radius 3 is 2.87 bits per heavy atom. The maximum absolute atomic E-state index is 12.1. The van der Waals surface area contributed by atoms with Gasteiger partial charge in [-0.1, -0.05) is 29.8 Å². The predicted octanol–water partition coefficient (Wildman–Crippen LogP) is 2.40. The van der Waals surface area contributed by atoms with Crippen LogP contribution in [0, 0.1) is 6.92 Å². The third kappa shape index (κ3) is 3.85. The molecule has 23 heavy (non-hydrogen) atoms. The number of aryl methyl sites for hydroxylation is 2. The first-order valence-electron chi connectivity index (χ1n) is 7.60. The van der Waals surface area contributed by atoms with Gasteiger partial charge in [0.25, 0.3) is 5.91 Å². The molecule has 3 aromatic rings. The average Bonchev–Trinajstić information content (AvgIpc) is 3.24. The molecule has 0 saturated heterocycles. The van der Waals surface area contributed by atoms with E-state index in [2.05, 4.69) is 20.6 Å². The van der Waals surface area contributed by atoms with Crippen LogP contribution in [0.25, 0.3) is 11.3 Å². The van der Waals surface area contributed by atoms with Crippen LogP contribution in [0.3, 0.4) is 0 Å². The van der Waals surface area contributed by atoms with Gasteiger partial charge in [-0.2, -0.15) is 10.2 Å². The van der Waals surface area contributed by atoms with Gasteiger partial charge in [0, 0.05) is 31.0 Å². The zero-order chi connectivity index (χ0) is 16.1. The molecule has 0 spiro atoms. The van der Waals surface area contributed by atoms with Gasteiger partial charge in [0.15, 0.2) is 0 Å². The van der Waals surface area contributed by atoms with Gasteiger partial charge in [-0.25, -0.2) is 0 Å². The molecule has 1 aromatic carbocycles. The third-order valence-electron chi connectivity index (χ3n) is 3.58. The van der Waals surface area contributed by atoms with Crippen molar-refractivity contribution in [1.29, 1.82) is 0 Å². The van der Waals surface area contributed by atoms with Crippen molar-refractivity contribution in [3.8, 4) is 11.3 Å². The second-order valence-corrected chi connectivity index (χ2v) is 5.41.